The Morgan fingerprint density at radius 1 is 1.33 bits per heavy atom. The second-order valence-electron chi connectivity index (χ2n) is 4.55. The molecule has 0 amide bonds. The van der Waals surface area contributed by atoms with Crippen molar-refractivity contribution in [3.05, 3.63) is 40.4 Å². The third kappa shape index (κ3) is 2.35. The van der Waals surface area contributed by atoms with Gasteiger partial charge in [-0.1, -0.05) is 46.3 Å². The molecule has 0 aliphatic carbocycles. The summed E-state index contributed by atoms with van der Waals surface area (Å²) < 4.78 is 24.7. The van der Waals surface area contributed by atoms with Gasteiger partial charge in [0, 0.05) is 4.48 Å². The average Bonchev–Trinajstić information content (AvgIpc) is 2.47. The Morgan fingerprint density at radius 3 is 2.50 bits per heavy atom. The second kappa shape index (κ2) is 4.93. The third-order valence-corrected chi connectivity index (χ3v) is 6.69. The Kier molecular flexibility index (Phi) is 3.84. The van der Waals surface area contributed by atoms with E-state index in [0.717, 1.165) is 10.0 Å². The lowest BCUT2D eigenvalue weighted by Gasteiger charge is -2.20. The fourth-order valence-electron chi connectivity index (χ4n) is 1.93. The Morgan fingerprint density at radius 2 is 1.94 bits per heavy atom. The van der Waals surface area contributed by atoms with Gasteiger partial charge in [-0.25, -0.2) is 0 Å². The highest BCUT2D eigenvalue weighted by molar-refractivity contribution is 9.12. The van der Waals surface area contributed by atoms with Crippen LogP contribution in [0.2, 0.25) is 0 Å². The van der Waals surface area contributed by atoms with Gasteiger partial charge < -0.3 is 4.52 Å². The van der Waals surface area contributed by atoms with E-state index >= 15 is 0 Å². The zero-order chi connectivity index (χ0) is 13.4. The van der Waals surface area contributed by atoms with E-state index in [4.69, 9.17) is 9.05 Å². The molecule has 1 aliphatic rings. The minimum absolute atomic E-state index is 0.351. The molecule has 18 heavy (non-hydrogen) atoms. The molecule has 1 heterocycles. The van der Waals surface area contributed by atoms with Crippen LogP contribution >= 0.6 is 23.5 Å². The van der Waals surface area contributed by atoms with Crippen molar-refractivity contribution < 1.29 is 13.6 Å². The summed E-state index contributed by atoms with van der Waals surface area (Å²) in [5.41, 5.74) is 0.238. The van der Waals surface area contributed by atoms with Crippen molar-refractivity contribution in [1.29, 1.82) is 0 Å². The van der Waals surface area contributed by atoms with Gasteiger partial charge in [-0.15, -0.1) is 0 Å². The fraction of sp³-hybridized carbons (Fsp3) is 0.385. The van der Waals surface area contributed by atoms with Gasteiger partial charge in [0.15, 0.2) is 0 Å². The van der Waals surface area contributed by atoms with Gasteiger partial charge in [-0.05, 0) is 26.3 Å². The first-order chi connectivity index (χ1) is 8.41. The predicted molar refractivity (Wildman–Crippen MR) is 76.7 cm³/mol. The third-order valence-electron chi connectivity index (χ3n) is 2.71. The quantitative estimate of drug-likeness (QED) is 0.747. The molecule has 0 spiro atoms. The summed E-state index contributed by atoms with van der Waals surface area (Å²) in [6, 6.07) is 9.55. The number of hydrogen-bond acceptors (Lipinski definition) is 3. The van der Waals surface area contributed by atoms with Gasteiger partial charge in [-0.3, -0.25) is 9.09 Å². The Balaban J connectivity index is 2.58. The van der Waals surface area contributed by atoms with Crippen LogP contribution in [0.1, 0.15) is 26.3 Å². The predicted octanol–water partition coefficient (Wildman–Crippen LogP) is 4.79. The molecule has 5 heteroatoms. The smallest absolute Gasteiger partial charge is 0.305 e. The van der Waals surface area contributed by atoms with Crippen molar-refractivity contribution in [1.82, 2.24) is 0 Å². The first kappa shape index (κ1) is 14.0. The molecule has 0 saturated heterocycles. The van der Waals surface area contributed by atoms with E-state index in [9.17, 15) is 4.57 Å². The molecule has 0 radical (unpaired) electrons. The van der Waals surface area contributed by atoms with Crippen LogP contribution in [0.5, 0.6) is 0 Å². The molecule has 0 saturated carbocycles. The van der Waals surface area contributed by atoms with Crippen molar-refractivity contribution in [2.24, 2.45) is 0 Å². The molecule has 0 N–H and O–H groups in total. The lowest BCUT2D eigenvalue weighted by molar-refractivity contribution is 0.135. The number of halogens is 1. The first-order valence-electron chi connectivity index (χ1n) is 5.82. The maximum Gasteiger partial charge on any atom is 0.363 e. The fourth-order valence-corrected chi connectivity index (χ4v) is 5.30. The molecule has 1 aliphatic heterocycles. The van der Waals surface area contributed by atoms with Gasteiger partial charge in [0.1, 0.15) is 5.60 Å². The van der Waals surface area contributed by atoms with Gasteiger partial charge in [0.05, 0.1) is 11.9 Å². The van der Waals surface area contributed by atoms with E-state index in [-0.39, 0.29) is 0 Å². The minimum atomic E-state index is -3.25. The molecule has 1 aromatic rings. The van der Waals surface area contributed by atoms with Crippen LogP contribution in [0.3, 0.4) is 0 Å². The van der Waals surface area contributed by atoms with Crippen LogP contribution in [0, 0.1) is 0 Å². The summed E-state index contributed by atoms with van der Waals surface area (Å²) in [6.07, 6.45) is 0. The highest BCUT2D eigenvalue weighted by atomic mass is 79.9. The lowest BCUT2D eigenvalue weighted by Crippen LogP contribution is -2.18. The monoisotopic (exact) mass is 330 g/mol. The van der Waals surface area contributed by atoms with Crippen molar-refractivity contribution in [2.45, 2.75) is 26.4 Å². The summed E-state index contributed by atoms with van der Waals surface area (Å²) >= 11 is 3.51. The molecule has 0 aromatic heterocycles. The van der Waals surface area contributed by atoms with E-state index in [2.05, 4.69) is 15.9 Å². The summed E-state index contributed by atoms with van der Waals surface area (Å²) in [6.45, 7) is 5.91. The maximum absolute atomic E-state index is 12.8. The normalized spacial score (nSPS) is 26.7. The molecule has 3 nitrogen and oxygen atoms in total. The first-order valence-corrected chi connectivity index (χ1v) is 8.16. The summed E-state index contributed by atoms with van der Waals surface area (Å²) in [5, 5.41) is 0.634. The lowest BCUT2D eigenvalue weighted by atomic mass is 10.1. The van der Waals surface area contributed by atoms with Crippen LogP contribution < -0.4 is 0 Å². The molecule has 1 atom stereocenters. The molecule has 0 bridgehead atoms. The zero-order valence-corrected chi connectivity index (χ0v) is 13.1. The van der Waals surface area contributed by atoms with E-state index in [1.165, 1.54) is 0 Å². The number of rotatable bonds is 3. The molecule has 98 valence electrons. The van der Waals surface area contributed by atoms with Crippen molar-refractivity contribution in [3.8, 4) is 0 Å². The highest BCUT2D eigenvalue weighted by Gasteiger charge is 2.48. The molecule has 0 fully saturated rings. The second-order valence-corrected chi connectivity index (χ2v) is 7.22. The van der Waals surface area contributed by atoms with Crippen molar-refractivity contribution in [2.75, 3.05) is 6.61 Å². The Hall–Kier alpha value is -0.410. The van der Waals surface area contributed by atoms with Crippen molar-refractivity contribution >= 4 is 28.8 Å². The maximum atomic E-state index is 12.8. The van der Waals surface area contributed by atoms with Crippen LogP contribution in [-0.2, 0) is 13.6 Å². The Labute approximate surface area is 116 Å². The molecule has 2 rings (SSSR count). The molecule has 1 aromatic carbocycles. The Bertz CT molecular complexity index is 522. The summed E-state index contributed by atoms with van der Waals surface area (Å²) in [5.74, 6) is 0. The SMILES string of the molecule is CCOP1(=O)OC(C)(C)C(Br)=C1c1ccccc1. The van der Waals surface area contributed by atoms with Gasteiger partial charge in [-0.2, -0.15) is 0 Å². The molecule has 1 unspecified atom stereocenters. The van der Waals surface area contributed by atoms with Crippen LogP contribution in [0.15, 0.2) is 34.8 Å². The van der Waals surface area contributed by atoms with Crippen LogP contribution in [0.4, 0.5) is 0 Å². The highest BCUT2D eigenvalue weighted by Crippen LogP contribution is 2.70. The van der Waals surface area contributed by atoms with Crippen LogP contribution in [0.25, 0.3) is 5.31 Å². The summed E-state index contributed by atoms with van der Waals surface area (Å²) in [4.78, 5) is 0. The topological polar surface area (TPSA) is 35.5 Å². The molecular formula is C13H16BrO3P. The number of hydrogen-bond donors (Lipinski definition) is 0. The largest absolute Gasteiger partial charge is 0.363 e. The van der Waals surface area contributed by atoms with E-state index in [1.54, 1.807) is 0 Å². The minimum Gasteiger partial charge on any atom is -0.305 e. The zero-order valence-electron chi connectivity index (χ0n) is 10.6. The standard InChI is InChI=1S/C13H16BrO3P/c1-4-16-18(15)11(10-8-6-5-7-9-10)12(14)13(2,3)17-18/h5-9H,4H2,1-3H3. The summed E-state index contributed by atoms with van der Waals surface area (Å²) in [7, 11) is -3.25. The van der Waals surface area contributed by atoms with E-state index < -0.39 is 13.2 Å². The van der Waals surface area contributed by atoms with Crippen molar-refractivity contribution in [3.63, 3.8) is 0 Å². The molecular weight excluding hydrogens is 315 g/mol. The van der Waals surface area contributed by atoms with Gasteiger partial charge in [0.2, 0.25) is 0 Å². The van der Waals surface area contributed by atoms with E-state index in [1.807, 2.05) is 51.1 Å². The average molecular weight is 331 g/mol. The number of benzene rings is 1. The van der Waals surface area contributed by atoms with Gasteiger partial charge in [0.25, 0.3) is 0 Å². The van der Waals surface area contributed by atoms with Gasteiger partial charge >= 0.3 is 7.60 Å². The van der Waals surface area contributed by atoms with Crippen LogP contribution in [-0.4, -0.2) is 12.2 Å². The van der Waals surface area contributed by atoms with E-state index in [0.29, 0.717) is 11.9 Å².